The highest BCUT2D eigenvalue weighted by Gasteiger charge is 2.13. The minimum absolute atomic E-state index is 0.164. The van der Waals surface area contributed by atoms with Crippen LogP contribution in [0.5, 0.6) is 5.75 Å². The second-order valence-electron chi connectivity index (χ2n) is 5.42. The molecular formula is C17H18N4O3. The van der Waals surface area contributed by atoms with E-state index in [1.54, 1.807) is 50.4 Å². The number of ether oxygens (including phenoxy) is 1. The van der Waals surface area contributed by atoms with Gasteiger partial charge in [0.15, 0.2) is 0 Å². The molecule has 0 spiro atoms. The summed E-state index contributed by atoms with van der Waals surface area (Å²) in [6.45, 7) is 1.77. The fourth-order valence-electron chi connectivity index (χ4n) is 2.36. The highest BCUT2D eigenvalue weighted by Crippen LogP contribution is 2.17. The molecular weight excluding hydrogens is 308 g/mol. The van der Waals surface area contributed by atoms with Crippen molar-refractivity contribution in [3.8, 4) is 5.75 Å². The second kappa shape index (κ2) is 6.49. The fraction of sp³-hybridized carbons (Fsp3) is 0.176. The number of nitrogens with one attached hydrogen (secondary N) is 4. The zero-order valence-corrected chi connectivity index (χ0v) is 13.3. The van der Waals surface area contributed by atoms with Gasteiger partial charge in [0, 0.05) is 11.4 Å². The van der Waals surface area contributed by atoms with Crippen LogP contribution < -0.4 is 21.1 Å². The van der Waals surface area contributed by atoms with Crippen LogP contribution in [0.3, 0.4) is 0 Å². The third-order valence-corrected chi connectivity index (χ3v) is 3.65. The quantitative estimate of drug-likeness (QED) is 0.578. The van der Waals surface area contributed by atoms with Gasteiger partial charge in [-0.2, -0.15) is 0 Å². The molecule has 0 saturated heterocycles. The molecule has 1 amide bonds. The van der Waals surface area contributed by atoms with E-state index in [2.05, 4.69) is 20.6 Å². The second-order valence-corrected chi connectivity index (χ2v) is 5.42. The van der Waals surface area contributed by atoms with E-state index in [0.717, 1.165) is 17.0 Å². The van der Waals surface area contributed by atoms with E-state index in [4.69, 9.17) is 4.74 Å². The topological polar surface area (TPSA) is 99.0 Å². The monoisotopic (exact) mass is 326 g/mol. The van der Waals surface area contributed by atoms with Gasteiger partial charge in [0.05, 0.1) is 18.1 Å². The molecule has 7 heteroatoms. The van der Waals surface area contributed by atoms with Crippen LogP contribution in [-0.4, -0.2) is 29.0 Å². The number of amides is 1. The number of benzene rings is 2. The first-order valence-electron chi connectivity index (χ1n) is 7.48. The maximum Gasteiger partial charge on any atom is 0.323 e. The lowest BCUT2D eigenvalue weighted by molar-refractivity contribution is -0.116. The van der Waals surface area contributed by atoms with Crippen molar-refractivity contribution >= 4 is 28.3 Å². The summed E-state index contributed by atoms with van der Waals surface area (Å²) in [4.78, 5) is 28.9. The number of aromatic amines is 2. The van der Waals surface area contributed by atoms with Crippen molar-refractivity contribution in [3.63, 3.8) is 0 Å². The number of hydrogen-bond donors (Lipinski definition) is 4. The van der Waals surface area contributed by atoms with Crippen molar-refractivity contribution in [1.82, 2.24) is 9.97 Å². The Morgan fingerprint density at radius 1 is 1.04 bits per heavy atom. The van der Waals surface area contributed by atoms with Crippen LogP contribution in [0, 0.1) is 0 Å². The van der Waals surface area contributed by atoms with Crippen molar-refractivity contribution in [1.29, 1.82) is 0 Å². The number of anilines is 2. The molecule has 4 N–H and O–H groups in total. The Morgan fingerprint density at radius 3 is 2.42 bits per heavy atom. The molecule has 1 unspecified atom stereocenters. The van der Waals surface area contributed by atoms with E-state index in [1.807, 2.05) is 6.07 Å². The minimum Gasteiger partial charge on any atom is -0.497 e. The maximum absolute atomic E-state index is 12.3. The molecule has 2 aromatic carbocycles. The number of fused-ring (bicyclic) bond motifs is 1. The van der Waals surface area contributed by atoms with Gasteiger partial charge in [-0.3, -0.25) is 4.79 Å². The fourth-order valence-corrected chi connectivity index (χ4v) is 2.36. The lowest BCUT2D eigenvalue weighted by Crippen LogP contribution is -2.31. The third-order valence-electron chi connectivity index (χ3n) is 3.65. The first-order chi connectivity index (χ1) is 11.5. The summed E-state index contributed by atoms with van der Waals surface area (Å²) in [7, 11) is 1.59. The van der Waals surface area contributed by atoms with Crippen molar-refractivity contribution < 1.29 is 9.53 Å². The Morgan fingerprint density at radius 2 is 1.71 bits per heavy atom. The Kier molecular flexibility index (Phi) is 4.24. The Bertz CT molecular complexity index is 911. The predicted octanol–water partition coefficient (Wildman–Crippen LogP) is 2.30. The Balaban J connectivity index is 1.66. The normalized spacial score (nSPS) is 11.9. The molecule has 3 aromatic rings. The van der Waals surface area contributed by atoms with Gasteiger partial charge in [-0.25, -0.2) is 4.79 Å². The molecule has 1 atom stereocenters. The molecule has 3 rings (SSSR count). The number of H-pyrrole nitrogens is 2. The first-order valence-corrected chi connectivity index (χ1v) is 7.48. The van der Waals surface area contributed by atoms with Crippen molar-refractivity contribution in [2.24, 2.45) is 0 Å². The molecule has 7 nitrogen and oxygen atoms in total. The van der Waals surface area contributed by atoms with E-state index >= 15 is 0 Å². The molecule has 1 heterocycles. The molecule has 0 fully saturated rings. The summed E-state index contributed by atoms with van der Waals surface area (Å²) in [6.07, 6.45) is 0. The standard InChI is InChI=1S/C17H18N4O3/c1-10(16(22)19-11-3-6-13(24-2)7-4-11)18-12-5-8-14-15(9-12)21-17(23)20-14/h3-10,18H,1-2H3,(H,19,22)(H2,20,21,23). The molecule has 0 radical (unpaired) electrons. The third kappa shape index (κ3) is 3.40. The largest absolute Gasteiger partial charge is 0.497 e. The lowest BCUT2D eigenvalue weighted by atomic mass is 10.2. The van der Waals surface area contributed by atoms with Crippen molar-refractivity contribution in [2.45, 2.75) is 13.0 Å². The van der Waals surface area contributed by atoms with Gasteiger partial charge in [0.1, 0.15) is 11.8 Å². The number of imidazole rings is 1. The van der Waals surface area contributed by atoms with Crippen LogP contribution in [0.15, 0.2) is 47.3 Å². The summed E-state index contributed by atoms with van der Waals surface area (Å²) in [5.74, 6) is 0.566. The Hall–Kier alpha value is -3.22. The first kappa shape index (κ1) is 15.7. The van der Waals surface area contributed by atoms with Gasteiger partial charge in [-0.05, 0) is 49.4 Å². The Labute approximate surface area is 138 Å². The SMILES string of the molecule is COc1ccc(NC(=O)C(C)Nc2ccc3[nH]c(=O)[nH]c3c2)cc1. The van der Waals surface area contributed by atoms with E-state index in [0.29, 0.717) is 11.2 Å². The van der Waals surface area contributed by atoms with Gasteiger partial charge >= 0.3 is 5.69 Å². The molecule has 0 saturated carbocycles. The zero-order chi connectivity index (χ0) is 17.1. The van der Waals surface area contributed by atoms with E-state index in [9.17, 15) is 9.59 Å². The van der Waals surface area contributed by atoms with Crippen LogP contribution in [0.25, 0.3) is 11.0 Å². The highest BCUT2D eigenvalue weighted by molar-refractivity contribution is 5.96. The van der Waals surface area contributed by atoms with Crippen molar-refractivity contribution in [2.75, 3.05) is 17.7 Å². The summed E-state index contributed by atoms with van der Waals surface area (Å²) in [5, 5.41) is 5.95. The van der Waals surface area contributed by atoms with E-state index in [-0.39, 0.29) is 11.6 Å². The molecule has 124 valence electrons. The van der Waals surface area contributed by atoms with Crippen molar-refractivity contribution in [3.05, 3.63) is 52.9 Å². The van der Waals surface area contributed by atoms with Gasteiger partial charge in [-0.15, -0.1) is 0 Å². The van der Waals surface area contributed by atoms with Gasteiger partial charge in [-0.1, -0.05) is 0 Å². The molecule has 0 aliphatic carbocycles. The summed E-state index contributed by atoms with van der Waals surface area (Å²) >= 11 is 0. The molecule has 24 heavy (non-hydrogen) atoms. The van der Waals surface area contributed by atoms with Gasteiger partial charge < -0.3 is 25.3 Å². The maximum atomic E-state index is 12.3. The van der Waals surface area contributed by atoms with Crippen LogP contribution in [0.1, 0.15) is 6.92 Å². The smallest absolute Gasteiger partial charge is 0.323 e. The highest BCUT2D eigenvalue weighted by atomic mass is 16.5. The minimum atomic E-state index is -0.449. The number of carbonyl (C=O) groups excluding carboxylic acids is 1. The number of aromatic nitrogens is 2. The number of hydrogen-bond acceptors (Lipinski definition) is 4. The number of carbonyl (C=O) groups is 1. The van der Waals surface area contributed by atoms with Gasteiger partial charge in [0.2, 0.25) is 5.91 Å². The number of methoxy groups -OCH3 is 1. The average Bonchev–Trinajstić information content (AvgIpc) is 2.94. The summed E-state index contributed by atoms with van der Waals surface area (Å²) in [6, 6.07) is 12.0. The molecule has 0 bridgehead atoms. The predicted molar refractivity (Wildman–Crippen MR) is 93.6 cm³/mol. The van der Waals surface area contributed by atoms with Gasteiger partial charge in [0.25, 0.3) is 0 Å². The summed E-state index contributed by atoms with van der Waals surface area (Å²) < 4.78 is 5.08. The zero-order valence-electron chi connectivity index (χ0n) is 13.3. The van der Waals surface area contributed by atoms with Crippen LogP contribution in [-0.2, 0) is 4.79 Å². The molecule has 1 aromatic heterocycles. The molecule has 0 aliphatic rings. The average molecular weight is 326 g/mol. The molecule has 0 aliphatic heterocycles. The van der Waals surface area contributed by atoms with Crippen LogP contribution in [0.2, 0.25) is 0 Å². The number of rotatable bonds is 5. The van der Waals surface area contributed by atoms with Crippen LogP contribution >= 0.6 is 0 Å². The van der Waals surface area contributed by atoms with E-state index < -0.39 is 6.04 Å². The van der Waals surface area contributed by atoms with Crippen LogP contribution in [0.4, 0.5) is 11.4 Å². The summed E-state index contributed by atoms with van der Waals surface area (Å²) in [5.41, 5.74) is 2.59. The van der Waals surface area contributed by atoms with E-state index in [1.165, 1.54) is 0 Å². The lowest BCUT2D eigenvalue weighted by Gasteiger charge is -2.15.